The van der Waals surface area contributed by atoms with E-state index in [9.17, 15) is 4.79 Å². The monoisotopic (exact) mass is 199 g/mol. The molecule has 1 aliphatic carbocycles. The van der Waals surface area contributed by atoms with Crippen LogP contribution in [0.15, 0.2) is 0 Å². The fraction of sp³-hybridized carbons (Fsp3) is 0.909. The normalized spacial score (nSPS) is 20.9. The summed E-state index contributed by atoms with van der Waals surface area (Å²) in [5.41, 5.74) is 0.380. The first-order chi connectivity index (χ1) is 6.49. The van der Waals surface area contributed by atoms with Crippen molar-refractivity contribution >= 4 is 5.97 Å². The zero-order valence-corrected chi connectivity index (χ0v) is 9.42. The summed E-state index contributed by atoms with van der Waals surface area (Å²) < 4.78 is 0. The molecule has 14 heavy (non-hydrogen) atoms. The summed E-state index contributed by atoms with van der Waals surface area (Å²) in [6, 6.07) is 0.401. The van der Waals surface area contributed by atoms with E-state index in [2.05, 4.69) is 25.7 Å². The summed E-state index contributed by atoms with van der Waals surface area (Å²) in [4.78, 5) is 12.8. The summed E-state index contributed by atoms with van der Waals surface area (Å²) in [5.74, 6) is -0.713. The quantitative estimate of drug-likeness (QED) is 0.711. The highest BCUT2D eigenvalue weighted by Gasteiger charge is 2.44. The molecule has 0 aromatic rings. The molecule has 0 bridgehead atoms. The molecule has 1 atom stereocenters. The molecule has 3 heteroatoms. The van der Waals surface area contributed by atoms with Gasteiger partial charge in [-0.3, -0.25) is 9.69 Å². The Morgan fingerprint density at radius 1 is 1.57 bits per heavy atom. The second kappa shape index (κ2) is 4.30. The molecule has 0 radical (unpaired) electrons. The number of carboxylic acids is 1. The van der Waals surface area contributed by atoms with Crippen molar-refractivity contribution in [3.05, 3.63) is 0 Å². The van der Waals surface area contributed by atoms with Crippen LogP contribution >= 0.6 is 0 Å². The van der Waals surface area contributed by atoms with Gasteiger partial charge in [0.2, 0.25) is 0 Å². The third-order valence-electron chi connectivity index (χ3n) is 3.44. The highest BCUT2D eigenvalue weighted by molar-refractivity contribution is 5.69. The summed E-state index contributed by atoms with van der Waals surface area (Å²) >= 11 is 0. The van der Waals surface area contributed by atoms with Gasteiger partial charge in [-0.15, -0.1) is 0 Å². The average Bonchev–Trinajstić information content (AvgIpc) is 2.82. The van der Waals surface area contributed by atoms with E-state index in [4.69, 9.17) is 5.11 Å². The van der Waals surface area contributed by atoms with E-state index in [1.807, 2.05) is 0 Å². The Balaban J connectivity index is 2.52. The van der Waals surface area contributed by atoms with Crippen LogP contribution in [0, 0.1) is 5.41 Å². The van der Waals surface area contributed by atoms with Crippen molar-refractivity contribution in [1.82, 2.24) is 4.90 Å². The maximum atomic E-state index is 10.7. The fourth-order valence-corrected chi connectivity index (χ4v) is 1.93. The largest absolute Gasteiger partial charge is 0.480 e. The van der Waals surface area contributed by atoms with Crippen LogP contribution in [0.1, 0.15) is 40.0 Å². The highest BCUT2D eigenvalue weighted by Crippen LogP contribution is 2.49. The number of nitrogens with zero attached hydrogens (tertiary/aromatic N) is 1. The van der Waals surface area contributed by atoms with Crippen molar-refractivity contribution in [2.45, 2.75) is 46.1 Å². The van der Waals surface area contributed by atoms with Crippen molar-refractivity contribution in [3.8, 4) is 0 Å². The second-order valence-corrected chi connectivity index (χ2v) is 4.69. The molecule has 0 spiro atoms. The van der Waals surface area contributed by atoms with Crippen LogP contribution in [0.3, 0.4) is 0 Å². The smallest absolute Gasteiger partial charge is 0.317 e. The van der Waals surface area contributed by atoms with Gasteiger partial charge >= 0.3 is 5.97 Å². The number of rotatable bonds is 6. The van der Waals surface area contributed by atoms with Crippen LogP contribution in [-0.2, 0) is 4.79 Å². The topological polar surface area (TPSA) is 40.5 Å². The predicted octanol–water partition coefficient (Wildman–Crippen LogP) is 1.97. The first-order valence-electron chi connectivity index (χ1n) is 5.45. The van der Waals surface area contributed by atoms with Gasteiger partial charge in [0.25, 0.3) is 0 Å². The van der Waals surface area contributed by atoms with E-state index in [1.165, 1.54) is 12.8 Å². The van der Waals surface area contributed by atoms with Gasteiger partial charge in [0.1, 0.15) is 0 Å². The number of hydrogen-bond donors (Lipinski definition) is 1. The Hall–Kier alpha value is -0.570. The van der Waals surface area contributed by atoms with Gasteiger partial charge < -0.3 is 5.11 Å². The summed E-state index contributed by atoms with van der Waals surface area (Å²) in [6.45, 7) is 7.58. The minimum Gasteiger partial charge on any atom is -0.480 e. The number of carbonyl (C=O) groups is 1. The summed E-state index contributed by atoms with van der Waals surface area (Å²) in [6.07, 6.45) is 3.51. The lowest BCUT2D eigenvalue weighted by molar-refractivity contribution is -0.139. The molecule has 1 fully saturated rings. The third kappa shape index (κ3) is 2.71. The van der Waals surface area contributed by atoms with Crippen LogP contribution in [0.2, 0.25) is 0 Å². The van der Waals surface area contributed by atoms with Crippen molar-refractivity contribution in [3.63, 3.8) is 0 Å². The molecule has 1 rings (SSSR count). The lowest BCUT2D eigenvalue weighted by Gasteiger charge is -2.31. The second-order valence-electron chi connectivity index (χ2n) is 4.69. The number of carboxylic acid groups (broad SMARTS) is 1. The molecule has 1 unspecified atom stereocenters. The molecule has 0 aliphatic heterocycles. The van der Waals surface area contributed by atoms with E-state index < -0.39 is 5.97 Å². The molecule has 0 saturated heterocycles. The van der Waals surface area contributed by atoms with Crippen LogP contribution < -0.4 is 0 Å². The minimum atomic E-state index is -0.713. The first-order valence-corrected chi connectivity index (χ1v) is 5.45. The van der Waals surface area contributed by atoms with Crippen LogP contribution in [0.4, 0.5) is 0 Å². The number of aliphatic carboxylic acids is 1. The number of hydrogen-bond acceptors (Lipinski definition) is 2. The zero-order valence-electron chi connectivity index (χ0n) is 9.42. The highest BCUT2D eigenvalue weighted by atomic mass is 16.4. The fourth-order valence-electron chi connectivity index (χ4n) is 1.93. The molecule has 82 valence electrons. The molecular weight excluding hydrogens is 178 g/mol. The molecule has 0 aromatic carbocycles. The van der Waals surface area contributed by atoms with Crippen molar-refractivity contribution < 1.29 is 9.90 Å². The van der Waals surface area contributed by atoms with Gasteiger partial charge in [0, 0.05) is 6.04 Å². The van der Waals surface area contributed by atoms with Gasteiger partial charge in [-0.2, -0.15) is 0 Å². The minimum absolute atomic E-state index is 0.185. The molecule has 3 nitrogen and oxygen atoms in total. The van der Waals surface area contributed by atoms with Gasteiger partial charge in [0.15, 0.2) is 0 Å². The molecule has 1 N–H and O–H groups in total. The van der Waals surface area contributed by atoms with Crippen molar-refractivity contribution in [2.75, 3.05) is 13.1 Å². The van der Waals surface area contributed by atoms with E-state index in [0.717, 1.165) is 13.0 Å². The molecular formula is C11H21NO2. The Morgan fingerprint density at radius 2 is 2.14 bits per heavy atom. The Morgan fingerprint density at radius 3 is 2.50 bits per heavy atom. The van der Waals surface area contributed by atoms with Gasteiger partial charge in [-0.25, -0.2) is 0 Å². The maximum Gasteiger partial charge on any atom is 0.317 e. The summed E-state index contributed by atoms with van der Waals surface area (Å²) in [5, 5.41) is 8.80. The van der Waals surface area contributed by atoms with E-state index >= 15 is 0 Å². The Labute approximate surface area is 86.1 Å². The standard InChI is InChI=1S/C11H21NO2/c1-4-7-12(8-10(13)14)9(2)11(3)5-6-11/h9H,4-8H2,1-3H3,(H,13,14). The van der Waals surface area contributed by atoms with Crippen LogP contribution in [0.25, 0.3) is 0 Å². The Kier molecular flexibility index (Phi) is 3.53. The van der Waals surface area contributed by atoms with Crippen LogP contribution in [-0.4, -0.2) is 35.1 Å². The maximum absolute atomic E-state index is 10.7. The van der Waals surface area contributed by atoms with E-state index in [1.54, 1.807) is 0 Å². The lowest BCUT2D eigenvalue weighted by atomic mass is 9.99. The average molecular weight is 199 g/mol. The molecule has 1 saturated carbocycles. The first kappa shape index (κ1) is 11.5. The predicted molar refractivity (Wildman–Crippen MR) is 56.3 cm³/mol. The molecule has 0 amide bonds. The molecule has 0 heterocycles. The van der Waals surface area contributed by atoms with Gasteiger partial charge in [-0.1, -0.05) is 13.8 Å². The third-order valence-corrected chi connectivity index (χ3v) is 3.44. The van der Waals surface area contributed by atoms with E-state index in [-0.39, 0.29) is 6.54 Å². The zero-order chi connectivity index (χ0) is 10.8. The van der Waals surface area contributed by atoms with Crippen molar-refractivity contribution in [2.24, 2.45) is 5.41 Å². The lowest BCUT2D eigenvalue weighted by Crippen LogP contribution is -2.42. The SMILES string of the molecule is CCCN(CC(=O)O)C(C)C1(C)CC1. The Bertz CT molecular complexity index is 211. The molecule has 1 aliphatic rings. The van der Waals surface area contributed by atoms with Crippen LogP contribution in [0.5, 0.6) is 0 Å². The molecule has 0 aromatic heterocycles. The van der Waals surface area contributed by atoms with E-state index in [0.29, 0.717) is 11.5 Å². The summed E-state index contributed by atoms with van der Waals surface area (Å²) in [7, 11) is 0. The van der Waals surface area contributed by atoms with Gasteiger partial charge in [-0.05, 0) is 38.1 Å². The van der Waals surface area contributed by atoms with Gasteiger partial charge in [0.05, 0.1) is 6.54 Å². The van der Waals surface area contributed by atoms with Crippen molar-refractivity contribution in [1.29, 1.82) is 0 Å².